The normalized spacial score (nSPS) is 15.9. The summed E-state index contributed by atoms with van der Waals surface area (Å²) in [4.78, 5) is 28.9. The second-order valence-electron chi connectivity index (χ2n) is 7.18. The van der Waals surface area contributed by atoms with Crippen molar-refractivity contribution in [2.75, 3.05) is 26.2 Å². The fourth-order valence-electron chi connectivity index (χ4n) is 3.38. The predicted molar refractivity (Wildman–Crippen MR) is 106 cm³/mol. The minimum atomic E-state index is -0.575. The van der Waals surface area contributed by atoms with Gasteiger partial charge >= 0.3 is 0 Å². The van der Waals surface area contributed by atoms with Crippen LogP contribution in [0.15, 0.2) is 54.6 Å². The molecule has 3 rings (SSSR count). The lowest BCUT2D eigenvalue weighted by molar-refractivity contribution is -0.137. The topological polar surface area (TPSA) is 52.7 Å². The Morgan fingerprint density at radius 3 is 2.25 bits per heavy atom. The molecule has 1 aliphatic heterocycles. The van der Waals surface area contributed by atoms with Crippen LogP contribution < -0.4 is 5.32 Å². The number of halogens is 1. The van der Waals surface area contributed by atoms with Crippen LogP contribution in [-0.4, -0.2) is 53.8 Å². The number of carbonyl (C=O) groups excluding carboxylic acids is 2. The molecule has 1 N–H and O–H groups in total. The van der Waals surface area contributed by atoms with Crippen LogP contribution in [0.3, 0.4) is 0 Å². The monoisotopic (exact) mass is 383 g/mol. The number of rotatable bonds is 6. The Morgan fingerprint density at radius 1 is 0.964 bits per heavy atom. The molecule has 0 spiro atoms. The number of nitrogens with zero attached hydrogens (tertiary/aromatic N) is 2. The van der Waals surface area contributed by atoms with Gasteiger partial charge < -0.3 is 10.2 Å². The van der Waals surface area contributed by atoms with Crippen molar-refractivity contribution in [1.82, 2.24) is 15.1 Å². The third-order valence-corrected chi connectivity index (χ3v) is 4.96. The average Bonchev–Trinajstić information content (AvgIpc) is 2.70. The number of carbonyl (C=O) groups is 2. The zero-order valence-electron chi connectivity index (χ0n) is 16.1. The van der Waals surface area contributed by atoms with Gasteiger partial charge in [-0.3, -0.25) is 14.5 Å². The Hall–Kier alpha value is -2.73. The molecule has 1 heterocycles. The van der Waals surface area contributed by atoms with E-state index in [1.807, 2.05) is 23.1 Å². The molecule has 1 fully saturated rings. The predicted octanol–water partition coefficient (Wildman–Crippen LogP) is 2.22. The molecule has 2 amide bonds. The highest BCUT2D eigenvalue weighted by molar-refractivity contribution is 5.88. The first-order chi connectivity index (χ1) is 13.5. The van der Waals surface area contributed by atoms with Gasteiger partial charge in [-0.05, 0) is 30.2 Å². The first kappa shape index (κ1) is 20.0. The Morgan fingerprint density at radius 2 is 1.61 bits per heavy atom. The smallest absolute Gasteiger partial charge is 0.244 e. The summed E-state index contributed by atoms with van der Waals surface area (Å²) in [5, 5.41) is 2.75. The van der Waals surface area contributed by atoms with Crippen molar-refractivity contribution < 1.29 is 14.0 Å². The van der Waals surface area contributed by atoms with Gasteiger partial charge in [-0.15, -0.1) is 0 Å². The fraction of sp³-hybridized carbons (Fsp3) is 0.364. The molecule has 0 aliphatic carbocycles. The van der Waals surface area contributed by atoms with Gasteiger partial charge in [0.25, 0.3) is 0 Å². The van der Waals surface area contributed by atoms with E-state index in [0.717, 1.165) is 19.6 Å². The quantitative estimate of drug-likeness (QED) is 0.832. The summed E-state index contributed by atoms with van der Waals surface area (Å²) in [5.41, 5.74) is 1.98. The van der Waals surface area contributed by atoms with E-state index in [-0.39, 0.29) is 24.1 Å². The van der Waals surface area contributed by atoms with Gasteiger partial charge in [-0.1, -0.05) is 42.5 Å². The van der Waals surface area contributed by atoms with Gasteiger partial charge in [0.05, 0.1) is 6.42 Å². The summed E-state index contributed by atoms with van der Waals surface area (Å²) >= 11 is 0. The maximum Gasteiger partial charge on any atom is 0.244 e. The van der Waals surface area contributed by atoms with E-state index in [9.17, 15) is 14.0 Å². The highest BCUT2D eigenvalue weighted by atomic mass is 19.1. The Bertz CT molecular complexity index is 787. The van der Waals surface area contributed by atoms with Crippen molar-refractivity contribution in [3.05, 3.63) is 71.5 Å². The highest BCUT2D eigenvalue weighted by Gasteiger charge is 2.25. The van der Waals surface area contributed by atoms with E-state index in [0.29, 0.717) is 18.7 Å². The molecule has 5 nitrogen and oxygen atoms in total. The minimum absolute atomic E-state index is 0.0631. The number of piperazine rings is 1. The zero-order valence-corrected chi connectivity index (χ0v) is 16.1. The average molecular weight is 383 g/mol. The summed E-state index contributed by atoms with van der Waals surface area (Å²) in [5.74, 6) is -0.638. The van der Waals surface area contributed by atoms with E-state index in [1.54, 1.807) is 19.1 Å². The van der Waals surface area contributed by atoms with Gasteiger partial charge in [-0.25, -0.2) is 4.39 Å². The molecule has 0 bridgehead atoms. The third kappa shape index (κ3) is 5.63. The molecule has 1 atom stereocenters. The lowest BCUT2D eigenvalue weighted by Crippen LogP contribution is -2.54. The van der Waals surface area contributed by atoms with Crippen molar-refractivity contribution in [2.45, 2.75) is 25.9 Å². The number of hydrogen-bond donors (Lipinski definition) is 1. The molecule has 1 aliphatic rings. The van der Waals surface area contributed by atoms with E-state index in [4.69, 9.17) is 0 Å². The van der Waals surface area contributed by atoms with Crippen molar-refractivity contribution in [3.8, 4) is 0 Å². The second-order valence-corrected chi connectivity index (χ2v) is 7.18. The Labute approximate surface area is 165 Å². The molecule has 0 radical (unpaired) electrons. The molecule has 0 saturated carbocycles. The SMILES string of the molecule is C[C@H](NC(=O)Cc1ccc(F)cc1)C(=O)N1CCN(Cc2ccccc2)CC1. The van der Waals surface area contributed by atoms with Gasteiger partial charge in [0.15, 0.2) is 0 Å². The second kappa shape index (κ2) is 9.46. The Kier molecular flexibility index (Phi) is 6.76. The van der Waals surface area contributed by atoms with Crippen molar-refractivity contribution in [3.63, 3.8) is 0 Å². The summed E-state index contributed by atoms with van der Waals surface area (Å²) in [6, 6.07) is 15.5. The van der Waals surface area contributed by atoms with Crippen LogP contribution in [0.2, 0.25) is 0 Å². The van der Waals surface area contributed by atoms with E-state index >= 15 is 0 Å². The molecule has 2 aromatic carbocycles. The third-order valence-electron chi connectivity index (χ3n) is 4.96. The molecule has 0 unspecified atom stereocenters. The molecule has 1 saturated heterocycles. The van der Waals surface area contributed by atoms with E-state index in [2.05, 4.69) is 22.3 Å². The standard InChI is InChI=1S/C22H26FN3O2/c1-17(24-21(27)15-18-7-9-20(23)10-8-18)22(28)26-13-11-25(12-14-26)16-19-5-3-2-4-6-19/h2-10,17H,11-16H2,1H3,(H,24,27)/t17-/m0/s1. The van der Waals surface area contributed by atoms with Crippen LogP contribution in [0.25, 0.3) is 0 Å². The molecule has 148 valence electrons. The van der Waals surface area contributed by atoms with Crippen molar-refractivity contribution in [2.24, 2.45) is 0 Å². The molecule has 28 heavy (non-hydrogen) atoms. The van der Waals surface area contributed by atoms with Crippen LogP contribution in [0.1, 0.15) is 18.1 Å². The summed E-state index contributed by atoms with van der Waals surface area (Å²) in [7, 11) is 0. The van der Waals surface area contributed by atoms with Crippen LogP contribution in [0.4, 0.5) is 4.39 Å². The summed E-state index contributed by atoms with van der Waals surface area (Å²) in [6.45, 7) is 5.54. The largest absolute Gasteiger partial charge is 0.344 e. The highest BCUT2D eigenvalue weighted by Crippen LogP contribution is 2.10. The zero-order chi connectivity index (χ0) is 19.9. The number of nitrogens with one attached hydrogen (secondary N) is 1. The molecule has 2 aromatic rings. The fourth-order valence-corrected chi connectivity index (χ4v) is 3.38. The first-order valence-corrected chi connectivity index (χ1v) is 9.60. The first-order valence-electron chi connectivity index (χ1n) is 9.60. The maximum atomic E-state index is 12.9. The molecular formula is C22H26FN3O2. The number of hydrogen-bond acceptors (Lipinski definition) is 3. The van der Waals surface area contributed by atoms with Gasteiger partial charge in [0.2, 0.25) is 11.8 Å². The maximum absolute atomic E-state index is 12.9. The minimum Gasteiger partial charge on any atom is -0.344 e. The lowest BCUT2D eigenvalue weighted by atomic mass is 10.1. The number of amides is 2. The van der Waals surface area contributed by atoms with Gasteiger partial charge in [0.1, 0.15) is 11.9 Å². The lowest BCUT2D eigenvalue weighted by Gasteiger charge is -2.36. The summed E-state index contributed by atoms with van der Waals surface area (Å²) < 4.78 is 12.9. The summed E-state index contributed by atoms with van der Waals surface area (Å²) in [6.07, 6.45) is 0.128. The number of benzene rings is 2. The van der Waals surface area contributed by atoms with Crippen LogP contribution in [0.5, 0.6) is 0 Å². The van der Waals surface area contributed by atoms with E-state index < -0.39 is 6.04 Å². The van der Waals surface area contributed by atoms with Gasteiger partial charge in [-0.2, -0.15) is 0 Å². The molecule has 0 aromatic heterocycles. The van der Waals surface area contributed by atoms with Gasteiger partial charge in [0, 0.05) is 32.7 Å². The van der Waals surface area contributed by atoms with Crippen LogP contribution >= 0.6 is 0 Å². The van der Waals surface area contributed by atoms with Crippen LogP contribution in [0, 0.1) is 5.82 Å². The molecular weight excluding hydrogens is 357 g/mol. The van der Waals surface area contributed by atoms with Crippen LogP contribution in [-0.2, 0) is 22.6 Å². The van der Waals surface area contributed by atoms with Crippen molar-refractivity contribution >= 4 is 11.8 Å². The van der Waals surface area contributed by atoms with E-state index in [1.165, 1.54) is 17.7 Å². The Balaban J connectivity index is 1.43. The molecule has 6 heteroatoms. The van der Waals surface area contributed by atoms with Crippen molar-refractivity contribution in [1.29, 1.82) is 0 Å².